The Kier molecular flexibility index (Phi) is 3.09. The van der Waals surface area contributed by atoms with E-state index in [1.807, 2.05) is 0 Å². The highest BCUT2D eigenvalue weighted by molar-refractivity contribution is 6.13. The molecule has 92 valence electrons. The lowest BCUT2D eigenvalue weighted by molar-refractivity contribution is 0.103. The van der Waals surface area contributed by atoms with Crippen LogP contribution >= 0.6 is 0 Å². The van der Waals surface area contributed by atoms with Gasteiger partial charge in [0.2, 0.25) is 11.7 Å². The van der Waals surface area contributed by atoms with Crippen molar-refractivity contribution in [3.63, 3.8) is 0 Å². The second kappa shape index (κ2) is 4.70. The number of carbonyl (C=O) groups excluding carboxylic acids is 1. The number of methoxy groups -OCH3 is 1. The number of ketones is 1. The Balaban J connectivity index is 2.48. The molecule has 0 saturated carbocycles. The summed E-state index contributed by atoms with van der Waals surface area (Å²) in [6.45, 7) is 0. The van der Waals surface area contributed by atoms with Crippen LogP contribution in [0.4, 0.5) is 11.8 Å². The maximum absolute atomic E-state index is 12.3. The van der Waals surface area contributed by atoms with Crippen LogP contribution in [-0.4, -0.2) is 22.9 Å². The van der Waals surface area contributed by atoms with Crippen LogP contribution < -0.4 is 16.2 Å². The number of benzene rings is 1. The second-order valence-electron chi connectivity index (χ2n) is 3.56. The monoisotopic (exact) mass is 244 g/mol. The van der Waals surface area contributed by atoms with Gasteiger partial charge in [0, 0.05) is 6.20 Å². The topological polar surface area (TPSA) is 104 Å². The van der Waals surface area contributed by atoms with Crippen molar-refractivity contribution >= 4 is 17.5 Å². The summed E-state index contributed by atoms with van der Waals surface area (Å²) < 4.78 is 5.12. The third-order valence-electron chi connectivity index (χ3n) is 2.43. The summed E-state index contributed by atoms with van der Waals surface area (Å²) in [6.07, 6.45) is 1.31. The number of nitrogens with two attached hydrogens (primary N) is 2. The van der Waals surface area contributed by atoms with Crippen LogP contribution in [0.15, 0.2) is 30.5 Å². The molecule has 0 saturated heterocycles. The van der Waals surface area contributed by atoms with Crippen molar-refractivity contribution in [3.8, 4) is 5.75 Å². The molecule has 2 aromatic rings. The van der Waals surface area contributed by atoms with Gasteiger partial charge in [-0.3, -0.25) is 4.79 Å². The van der Waals surface area contributed by atoms with E-state index >= 15 is 0 Å². The number of anilines is 2. The zero-order valence-electron chi connectivity index (χ0n) is 9.75. The summed E-state index contributed by atoms with van der Waals surface area (Å²) in [7, 11) is 1.49. The Labute approximate surface area is 104 Å². The van der Waals surface area contributed by atoms with Crippen molar-refractivity contribution in [1.82, 2.24) is 9.97 Å². The molecule has 0 atom stereocenters. The predicted octanol–water partition coefficient (Wildman–Crippen LogP) is 0.881. The summed E-state index contributed by atoms with van der Waals surface area (Å²) in [5, 5.41) is 0. The fourth-order valence-corrected chi connectivity index (χ4v) is 1.56. The molecule has 0 unspecified atom stereocenters. The molecule has 0 bridgehead atoms. The van der Waals surface area contributed by atoms with Crippen molar-refractivity contribution < 1.29 is 9.53 Å². The van der Waals surface area contributed by atoms with Crippen molar-refractivity contribution in [3.05, 3.63) is 41.6 Å². The van der Waals surface area contributed by atoms with Crippen LogP contribution in [0.3, 0.4) is 0 Å². The van der Waals surface area contributed by atoms with Crippen molar-refractivity contribution in [2.24, 2.45) is 0 Å². The molecule has 0 aliphatic heterocycles. The molecule has 6 heteroatoms. The van der Waals surface area contributed by atoms with Gasteiger partial charge in [-0.05, 0) is 12.1 Å². The van der Waals surface area contributed by atoms with E-state index in [1.54, 1.807) is 24.3 Å². The van der Waals surface area contributed by atoms with Gasteiger partial charge in [0.1, 0.15) is 11.6 Å². The van der Waals surface area contributed by atoms with Gasteiger partial charge in [-0.1, -0.05) is 12.1 Å². The molecule has 4 N–H and O–H groups in total. The van der Waals surface area contributed by atoms with Gasteiger partial charge >= 0.3 is 0 Å². The Bertz CT molecular complexity index is 598. The SMILES string of the molecule is COc1ccccc1C(=O)c1cnc(N)nc1N. The van der Waals surface area contributed by atoms with Gasteiger partial charge in [0.25, 0.3) is 0 Å². The van der Waals surface area contributed by atoms with E-state index in [1.165, 1.54) is 13.3 Å². The minimum atomic E-state index is -0.301. The molecule has 18 heavy (non-hydrogen) atoms. The number of ether oxygens (including phenoxy) is 1. The lowest BCUT2D eigenvalue weighted by Gasteiger charge is -2.08. The first-order chi connectivity index (χ1) is 8.63. The Hall–Kier alpha value is -2.63. The quantitative estimate of drug-likeness (QED) is 0.776. The fourth-order valence-electron chi connectivity index (χ4n) is 1.56. The Morgan fingerprint density at radius 3 is 2.61 bits per heavy atom. The molecule has 0 radical (unpaired) electrons. The van der Waals surface area contributed by atoms with Crippen LogP contribution in [0.5, 0.6) is 5.75 Å². The lowest BCUT2D eigenvalue weighted by Crippen LogP contribution is -2.10. The van der Waals surface area contributed by atoms with Crippen LogP contribution in [0.1, 0.15) is 15.9 Å². The van der Waals surface area contributed by atoms with Gasteiger partial charge < -0.3 is 16.2 Å². The van der Waals surface area contributed by atoms with E-state index in [2.05, 4.69) is 9.97 Å². The van der Waals surface area contributed by atoms with E-state index in [9.17, 15) is 4.79 Å². The number of nitrogens with zero attached hydrogens (tertiary/aromatic N) is 2. The zero-order valence-corrected chi connectivity index (χ0v) is 9.75. The summed E-state index contributed by atoms with van der Waals surface area (Å²) in [6, 6.07) is 6.86. The van der Waals surface area contributed by atoms with Crippen molar-refractivity contribution in [1.29, 1.82) is 0 Å². The first-order valence-corrected chi connectivity index (χ1v) is 5.19. The molecule has 1 heterocycles. The van der Waals surface area contributed by atoms with E-state index < -0.39 is 0 Å². The molecule has 1 aromatic carbocycles. The molecule has 1 aromatic heterocycles. The Morgan fingerprint density at radius 1 is 1.22 bits per heavy atom. The minimum absolute atomic E-state index is 0.0316. The molecule has 2 rings (SSSR count). The molecule has 0 aliphatic rings. The Morgan fingerprint density at radius 2 is 1.94 bits per heavy atom. The van der Waals surface area contributed by atoms with Gasteiger partial charge in [0.15, 0.2) is 0 Å². The number of hydrogen-bond acceptors (Lipinski definition) is 6. The van der Waals surface area contributed by atoms with Crippen LogP contribution in [0.25, 0.3) is 0 Å². The van der Waals surface area contributed by atoms with Gasteiger partial charge in [-0.25, -0.2) is 4.98 Å². The number of rotatable bonds is 3. The molecular formula is C12H12N4O2. The molecule has 0 amide bonds. The van der Waals surface area contributed by atoms with Crippen molar-refractivity contribution in [2.45, 2.75) is 0 Å². The number of aromatic nitrogens is 2. The third-order valence-corrected chi connectivity index (χ3v) is 2.43. The maximum atomic E-state index is 12.3. The normalized spacial score (nSPS) is 10.1. The van der Waals surface area contributed by atoms with Crippen LogP contribution in [0, 0.1) is 0 Å². The molecule has 0 aliphatic carbocycles. The largest absolute Gasteiger partial charge is 0.496 e. The van der Waals surface area contributed by atoms with E-state index in [-0.39, 0.29) is 23.1 Å². The van der Waals surface area contributed by atoms with Crippen LogP contribution in [0.2, 0.25) is 0 Å². The zero-order chi connectivity index (χ0) is 13.1. The average Bonchev–Trinajstić information content (AvgIpc) is 2.38. The number of para-hydroxylation sites is 1. The minimum Gasteiger partial charge on any atom is -0.496 e. The number of nitrogen functional groups attached to an aromatic ring is 2. The predicted molar refractivity (Wildman–Crippen MR) is 67.3 cm³/mol. The molecular weight excluding hydrogens is 232 g/mol. The summed E-state index contributed by atoms with van der Waals surface area (Å²) in [5.41, 5.74) is 11.6. The highest BCUT2D eigenvalue weighted by Gasteiger charge is 2.17. The summed E-state index contributed by atoms with van der Waals surface area (Å²) in [4.78, 5) is 19.8. The average molecular weight is 244 g/mol. The van der Waals surface area contributed by atoms with E-state index in [0.29, 0.717) is 11.3 Å². The number of carbonyl (C=O) groups is 1. The summed E-state index contributed by atoms with van der Waals surface area (Å²) >= 11 is 0. The van der Waals surface area contributed by atoms with Gasteiger partial charge in [-0.15, -0.1) is 0 Å². The van der Waals surface area contributed by atoms with Crippen molar-refractivity contribution in [2.75, 3.05) is 18.6 Å². The lowest BCUT2D eigenvalue weighted by atomic mass is 10.0. The molecule has 0 fully saturated rings. The summed E-state index contributed by atoms with van der Waals surface area (Å²) in [5.74, 6) is 0.256. The number of hydrogen-bond donors (Lipinski definition) is 2. The van der Waals surface area contributed by atoms with Gasteiger partial charge in [0.05, 0.1) is 18.2 Å². The third kappa shape index (κ3) is 2.08. The van der Waals surface area contributed by atoms with E-state index in [4.69, 9.17) is 16.2 Å². The first-order valence-electron chi connectivity index (χ1n) is 5.19. The highest BCUT2D eigenvalue weighted by Crippen LogP contribution is 2.22. The highest BCUT2D eigenvalue weighted by atomic mass is 16.5. The van der Waals surface area contributed by atoms with E-state index in [0.717, 1.165) is 0 Å². The molecule has 6 nitrogen and oxygen atoms in total. The standard InChI is InChI=1S/C12H12N4O2/c1-18-9-5-3-2-4-7(9)10(17)8-6-15-12(14)16-11(8)13/h2-6H,1H3,(H4,13,14,15,16). The maximum Gasteiger partial charge on any atom is 0.221 e. The smallest absolute Gasteiger partial charge is 0.221 e. The fraction of sp³-hybridized carbons (Fsp3) is 0.0833. The molecule has 0 spiro atoms. The second-order valence-corrected chi connectivity index (χ2v) is 3.56. The van der Waals surface area contributed by atoms with Gasteiger partial charge in [-0.2, -0.15) is 4.98 Å². The first kappa shape index (κ1) is 11.8. The van der Waals surface area contributed by atoms with Crippen LogP contribution in [-0.2, 0) is 0 Å².